The predicted molar refractivity (Wildman–Crippen MR) is 126 cm³/mol. The molecule has 1 aliphatic rings. The van der Waals surface area contributed by atoms with Crippen LogP contribution in [0.1, 0.15) is 28.8 Å². The molecule has 29 heavy (non-hydrogen) atoms. The van der Waals surface area contributed by atoms with Crippen molar-refractivity contribution >= 4 is 49.2 Å². The molecule has 0 saturated heterocycles. The number of halogens is 1. The number of thioether (sulfide) groups is 1. The molecule has 0 saturated carbocycles. The minimum absolute atomic E-state index is 0.0684. The van der Waals surface area contributed by atoms with Crippen LogP contribution in [0, 0.1) is 0 Å². The molecule has 2 aromatic carbocycles. The number of aromatic nitrogens is 2. The van der Waals surface area contributed by atoms with Crippen molar-refractivity contribution in [2.75, 3.05) is 0 Å². The van der Waals surface area contributed by atoms with Crippen LogP contribution < -0.4 is 5.56 Å². The molecule has 0 N–H and O–H groups in total. The number of para-hydroxylation sites is 1. The highest BCUT2D eigenvalue weighted by Gasteiger charge is 2.22. The van der Waals surface area contributed by atoms with Gasteiger partial charge in [-0.05, 0) is 61.1 Å². The van der Waals surface area contributed by atoms with Gasteiger partial charge in [0.1, 0.15) is 4.83 Å². The van der Waals surface area contributed by atoms with E-state index in [0.717, 1.165) is 50.5 Å². The fourth-order valence-electron chi connectivity index (χ4n) is 3.82. The maximum atomic E-state index is 13.6. The summed E-state index contributed by atoms with van der Waals surface area (Å²) >= 11 is 6.82. The second kappa shape index (κ2) is 8.09. The SMILES string of the molecule is O=c1c2c3c(sc2nc(SCc2ccc(Br)cc2)n1-c1ccccc1)CCCC3. The maximum Gasteiger partial charge on any atom is 0.267 e. The van der Waals surface area contributed by atoms with Crippen molar-refractivity contribution in [3.05, 3.63) is 85.4 Å². The third-order valence-corrected chi connectivity index (χ3v) is 7.98. The van der Waals surface area contributed by atoms with Crippen molar-refractivity contribution in [2.24, 2.45) is 0 Å². The topological polar surface area (TPSA) is 34.9 Å². The van der Waals surface area contributed by atoms with Gasteiger partial charge in [0.15, 0.2) is 5.16 Å². The van der Waals surface area contributed by atoms with Crippen LogP contribution in [0.3, 0.4) is 0 Å². The molecule has 5 rings (SSSR count). The van der Waals surface area contributed by atoms with Gasteiger partial charge >= 0.3 is 0 Å². The molecule has 0 amide bonds. The van der Waals surface area contributed by atoms with Crippen molar-refractivity contribution in [3.8, 4) is 5.69 Å². The summed E-state index contributed by atoms with van der Waals surface area (Å²) in [6.45, 7) is 0. The third-order valence-electron chi connectivity index (χ3n) is 5.25. The first kappa shape index (κ1) is 19.1. The van der Waals surface area contributed by atoms with E-state index in [4.69, 9.17) is 4.98 Å². The summed E-state index contributed by atoms with van der Waals surface area (Å²) in [6.07, 6.45) is 4.43. The van der Waals surface area contributed by atoms with Gasteiger partial charge in [-0.25, -0.2) is 4.98 Å². The number of rotatable bonds is 4. The highest BCUT2D eigenvalue weighted by molar-refractivity contribution is 9.10. The number of aryl methyl sites for hydroxylation is 2. The van der Waals surface area contributed by atoms with Crippen molar-refractivity contribution in [2.45, 2.75) is 36.6 Å². The molecule has 2 aromatic heterocycles. The fourth-order valence-corrected chi connectivity index (χ4v) is 6.35. The van der Waals surface area contributed by atoms with Crippen LogP contribution in [0.4, 0.5) is 0 Å². The molecule has 4 aromatic rings. The molecular formula is C23H19BrN2OS2. The van der Waals surface area contributed by atoms with Crippen LogP contribution in [0.25, 0.3) is 15.9 Å². The minimum atomic E-state index is 0.0684. The highest BCUT2D eigenvalue weighted by atomic mass is 79.9. The van der Waals surface area contributed by atoms with E-state index in [9.17, 15) is 4.79 Å². The molecule has 0 unspecified atom stereocenters. The molecule has 0 atom stereocenters. The summed E-state index contributed by atoms with van der Waals surface area (Å²) in [5.41, 5.74) is 3.39. The number of thiophene rings is 1. The van der Waals surface area contributed by atoms with Gasteiger partial charge in [0.25, 0.3) is 5.56 Å². The quantitative estimate of drug-likeness (QED) is 0.250. The lowest BCUT2D eigenvalue weighted by Gasteiger charge is -2.13. The first-order valence-electron chi connectivity index (χ1n) is 9.70. The lowest BCUT2D eigenvalue weighted by molar-refractivity contribution is 0.699. The second-order valence-electron chi connectivity index (χ2n) is 7.18. The Hall–Kier alpha value is -1.89. The Morgan fingerprint density at radius 2 is 1.79 bits per heavy atom. The molecule has 0 spiro atoms. The van der Waals surface area contributed by atoms with E-state index in [2.05, 4.69) is 28.1 Å². The van der Waals surface area contributed by atoms with E-state index in [-0.39, 0.29) is 5.56 Å². The molecule has 0 aliphatic heterocycles. The Kier molecular flexibility index (Phi) is 5.33. The summed E-state index contributed by atoms with van der Waals surface area (Å²) in [4.78, 5) is 20.9. The normalized spacial score (nSPS) is 13.6. The largest absolute Gasteiger partial charge is 0.268 e. The van der Waals surface area contributed by atoms with E-state index < -0.39 is 0 Å². The van der Waals surface area contributed by atoms with E-state index in [0.29, 0.717) is 0 Å². The number of fused-ring (bicyclic) bond motifs is 3. The Labute approximate surface area is 185 Å². The lowest BCUT2D eigenvalue weighted by Crippen LogP contribution is -2.22. The van der Waals surface area contributed by atoms with E-state index >= 15 is 0 Å². The van der Waals surface area contributed by atoms with Crippen LogP contribution in [0.5, 0.6) is 0 Å². The molecule has 2 heterocycles. The van der Waals surface area contributed by atoms with Gasteiger partial charge in [-0.15, -0.1) is 11.3 Å². The van der Waals surface area contributed by atoms with E-state index in [1.54, 1.807) is 27.7 Å². The summed E-state index contributed by atoms with van der Waals surface area (Å²) in [5, 5.41) is 1.59. The van der Waals surface area contributed by atoms with Crippen molar-refractivity contribution in [3.63, 3.8) is 0 Å². The lowest BCUT2D eigenvalue weighted by atomic mass is 9.97. The van der Waals surface area contributed by atoms with Crippen molar-refractivity contribution < 1.29 is 0 Å². The Morgan fingerprint density at radius 3 is 2.59 bits per heavy atom. The molecule has 0 bridgehead atoms. The van der Waals surface area contributed by atoms with Crippen molar-refractivity contribution in [1.82, 2.24) is 9.55 Å². The molecule has 0 fully saturated rings. The van der Waals surface area contributed by atoms with Crippen LogP contribution in [-0.2, 0) is 18.6 Å². The molecule has 0 radical (unpaired) electrons. The molecule has 1 aliphatic carbocycles. The van der Waals surface area contributed by atoms with Gasteiger partial charge < -0.3 is 0 Å². The van der Waals surface area contributed by atoms with Gasteiger partial charge in [0.2, 0.25) is 0 Å². The van der Waals surface area contributed by atoms with Gasteiger partial charge in [-0.2, -0.15) is 0 Å². The Morgan fingerprint density at radius 1 is 1.03 bits per heavy atom. The smallest absolute Gasteiger partial charge is 0.267 e. The molecule has 6 heteroatoms. The number of benzene rings is 2. The Balaban J connectivity index is 1.65. The van der Waals surface area contributed by atoms with Crippen LogP contribution in [-0.4, -0.2) is 9.55 Å². The number of nitrogens with zero attached hydrogens (tertiary/aromatic N) is 2. The monoisotopic (exact) mass is 482 g/mol. The maximum absolute atomic E-state index is 13.6. The average molecular weight is 483 g/mol. The predicted octanol–water partition coefficient (Wildman–Crippen LogP) is 6.38. The summed E-state index contributed by atoms with van der Waals surface area (Å²) in [7, 11) is 0. The number of hydrogen-bond acceptors (Lipinski definition) is 4. The third kappa shape index (κ3) is 3.69. The molecule has 3 nitrogen and oxygen atoms in total. The average Bonchev–Trinajstić information content (AvgIpc) is 3.12. The van der Waals surface area contributed by atoms with Crippen LogP contribution in [0.2, 0.25) is 0 Å². The first-order valence-corrected chi connectivity index (χ1v) is 12.3. The summed E-state index contributed by atoms with van der Waals surface area (Å²) < 4.78 is 2.86. The van der Waals surface area contributed by atoms with Crippen molar-refractivity contribution in [1.29, 1.82) is 0 Å². The van der Waals surface area contributed by atoms with Gasteiger partial charge in [0.05, 0.1) is 11.1 Å². The summed E-state index contributed by atoms with van der Waals surface area (Å²) in [6, 6.07) is 18.2. The van der Waals surface area contributed by atoms with Crippen LogP contribution in [0.15, 0.2) is 69.0 Å². The standard InChI is InChI=1S/C23H19BrN2OS2/c24-16-12-10-15(11-13-16)14-28-23-25-21-20(18-8-4-5-9-19(18)29-21)22(27)26(23)17-6-2-1-3-7-17/h1-3,6-7,10-13H,4-5,8-9,14H2. The van der Waals surface area contributed by atoms with E-state index in [1.165, 1.54) is 22.4 Å². The zero-order chi connectivity index (χ0) is 19.8. The number of hydrogen-bond donors (Lipinski definition) is 0. The molecule has 146 valence electrons. The van der Waals surface area contributed by atoms with Crippen LogP contribution >= 0.6 is 39.0 Å². The summed E-state index contributed by atoms with van der Waals surface area (Å²) in [5.74, 6) is 0.767. The Bertz CT molecular complexity index is 1230. The molecular weight excluding hydrogens is 464 g/mol. The zero-order valence-electron chi connectivity index (χ0n) is 15.7. The van der Waals surface area contributed by atoms with Gasteiger partial charge in [-0.1, -0.05) is 58.0 Å². The van der Waals surface area contributed by atoms with Gasteiger partial charge in [0, 0.05) is 15.1 Å². The highest BCUT2D eigenvalue weighted by Crippen LogP contribution is 2.35. The zero-order valence-corrected chi connectivity index (χ0v) is 18.9. The van der Waals surface area contributed by atoms with E-state index in [1.807, 2.05) is 42.5 Å². The second-order valence-corrected chi connectivity index (χ2v) is 10.1. The van der Waals surface area contributed by atoms with Gasteiger partial charge in [-0.3, -0.25) is 9.36 Å². The fraction of sp³-hybridized carbons (Fsp3) is 0.217. The minimum Gasteiger partial charge on any atom is -0.268 e. The first-order chi connectivity index (χ1) is 14.2.